The van der Waals surface area contributed by atoms with Crippen LogP contribution in [0.3, 0.4) is 0 Å². The number of nitrogens with two attached hydrogens (primary N) is 1. The van der Waals surface area contributed by atoms with Crippen LogP contribution in [-0.2, 0) is 24.5 Å². The van der Waals surface area contributed by atoms with Crippen LogP contribution in [0, 0.1) is 11.7 Å². The molecule has 8 heteroatoms. The van der Waals surface area contributed by atoms with E-state index in [4.69, 9.17) is 19.9 Å². The quantitative estimate of drug-likeness (QED) is 0.640. The van der Waals surface area contributed by atoms with Gasteiger partial charge in [-0.1, -0.05) is 0 Å². The van der Waals surface area contributed by atoms with Crippen LogP contribution >= 0.6 is 0 Å². The summed E-state index contributed by atoms with van der Waals surface area (Å²) in [6.07, 6.45) is -0.965. The van der Waals surface area contributed by atoms with E-state index in [9.17, 15) is 13.6 Å². The number of fused-ring (bicyclic) bond motifs is 1. The van der Waals surface area contributed by atoms with Gasteiger partial charge in [-0.25, -0.2) is 13.8 Å². The van der Waals surface area contributed by atoms with Crippen LogP contribution < -0.4 is 5.73 Å². The Balaban J connectivity index is 1.98. The van der Waals surface area contributed by atoms with E-state index in [0.717, 1.165) is 0 Å². The van der Waals surface area contributed by atoms with Crippen molar-refractivity contribution < 1.29 is 27.8 Å². The maximum atomic E-state index is 14.6. The highest BCUT2D eigenvalue weighted by Gasteiger charge is 2.55. The highest BCUT2D eigenvalue weighted by Crippen LogP contribution is 2.46. The van der Waals surface area contributed by atoms with Crippen molar-refractivity contribution >= 4 is 17.6 Å². The van der Waals surface area contributed by atoms with Gasteiger partial charge in [0.05, 0.1) is 25.2 Å². The average molecular weight is 382 g/mol. The number of hydrogen-bond donors (Lipinski definition) is 1. The maximum Gasteiger partial charge on any atom is 0.315 e. The van der Waals surface area contributed by atoms with E-state index in [1.807, 2.05) is 0 Å². The number of carbonyl (C=O) groups excluding carboxylic acids is 1. The van der Waals surface area contributed by atoms with Gasteiger partial charge in [-0.05, 0) is 39.0 Å². The number of rotatable bonds is 4. The SMILES string of the molecule is CC(C)(C)OC(=O)CC1=N[C@@]2(c3cc(N)ccc3F)COC(CF)[C@H]2CO1. The zero-order valence-electron chi connectivity index (χ0n) is 15.6. The molecule has 2 aliphatic rings. The molecule has 6 nitrogen and oxygen atoms in total. The van der Waals surface area contributed by atoms with Crippen molar-refractivity contribution in [3.05, 3.63) is 29.6 Å². The van der Waals surface area contributed by atoms with E-state index in [1.54, 1.807) is 20.8 Å². The van der Waals surface area contributed by atoms with Crippen LogP contribution in [0.1, 0.15) is 32.8 Å². The van der Waals surface area contributed by atoms with Gasteiger partial charge in [-0.3, -0.25) is 4.79 Å². The minimum atomic E-state index is -1.19. The first kappa shape index (κ1) is 19.5. The number of halogens is 2. The van der Waals surface area contributed by atoms with E-state index in [2.05, 4.69) is 4.99 Å². The molecule has 148 valence electrons. The molecule has 0 aromatic heterocycles. The van der Waals surface area contributed by atoms with E-state index in [0.29, 0.717) is 5.69 Å². The van der Waals surface area contributed by atoms with Crippen LogP contribution in [0.4, 0.5) is 14.5 Å². The summed E-state index contributed by atoms with van der Waals surface area (Å²) in [4.78, 5) is 16.7. The number of benzene rings is 1. The summed E-state index contributed by atoms with van der Waals surface area (Å²) < 4.78 is 44.4. The normalized spacial score (nSPS) is 27.5. The molecule has 0 aliphatic carbocycles. The number of esters is 1. The molecule has 2 N–H and O–H groups in total. The Bertz CT molecular complexity index is 763. The average Bonchev–Trinajstić information content (AvgIpc) is 2.94. The van der Waals surface area contributed by atoms with Crippen molar-refractivity contribution in [3.63, 3.8) is 0 Å². The second-order valence-corrected chi connectivity index (χ2v) is 7.85. The Morgan fingerprint density at radius 3 is 2.85 bits per heavy atom. The van der Waals surface area contributed by atoms with E-state index >= 15 is 0 Å². The molecule has 0 amide bonds. The monoisotopic (exact) mass is 382 g/mol. The summed E-state index contributed by atoms with van der Waals surface area (Å²) in [6, 6.07) is 4.17. The van der Waals surface area contributed by atoms with E-state index < -0.39 is 41.6 Å². The fourth-order valence-electron chi connectivity index (χ4n) is 3.52. The van der Waals surface area contributed by atoms with Gasteiger partial charge in [0.15, 0.2) is 5.90 Å². The minimum absolute atomic E-state index is 0.0200. The molecule has 2 aliphatic heterocycles. The lowest BCUT2D eigenvalue weighted by atomic mass is 9.77. The lowest BCUT2D eigenvalue weighted by Crippen LogP contribution is -2.44. The van der Waals surface area contributed by atoms with E-state index in [-0.39, 0.29) is 31.1 Å². The molecule has 3 rings (SSSR count). The van der Waals surface area contributed by atoms with Crippen molar-refractivity contribution in [1.29, 1.82) is 0 Å². The summed E-state index contributed by atoms with van der Waals surface area (Å²) in [5, 5.41) is 0. The lowest BCUT2D eigenvalue weighted by molar-refractivity contribution is -0.153. The van der Waals surface area contributed by atoms with Gasteiger partial charge in [0.25, 0.3) is 0 Å². The molecule has 1 unspecified atom stereocenters. The number of ether oxygens (including phenoxy) is 3. The molecule has 0 saturated carbocycles. The van der Waals surface area contributed by atoms with Crippen molar-refractivity contribution in [2.45, 2.75) is 44.4 Å². The predicted octanol–water partition coefficient (Wildman–Crippen LogP) is 2.75. The Hall–Kier alpha value is -2.22. The maximum absolute atomic E-state index is 14.6. The third-order valence-corrected chi connectivity index (χ3v) is 4.66. The van der Waals surface area contributed by atoms with Crippen molar-refractivity contribution in [2.24, 2.45) is 10.9 Å². The minimum Gasteiger partial charge on any atom is -0.480 e. The first-order chi connectivity index (χ1) is 12.6. The molecule has 0 bridgehead atoms. The van der Waals surface area contributed by atoms with Crippen LogP contribution in [-0.4, -0.2) is 43.5 Å². The Morgan fingerprint density at radius 1 is 1.44 bits per heavy atom. The number of hydrogen-bond acceptors (Lipinski definition) is 6. The largest absolute Gasteiger partial charge is 0.480 e. The summed E-state index contributed by atoms with van der Waals surface area (Å²) in [5.41, 5.74) is 4.57. The predicted molar refractivity (Wildman–Crippen MR) is 95.5 cm³/mol. The third-order valence-electron chi connectivity index (χ3n) is 4.66. The van der Waals surface area contributed by atoms with Gasteiger partial charge < -0.3 is 19.9 Å². The first-order valence-corrected chi connectivity index (χ1v) is 8.81. The Kier molecular flexibility index (Phi) is 5.12. The van der Waals surface area contributed by atoms with Crippen molar-refractivity contribution in [3.8, 4) is 0 Å². The molecule has 1 fully saturated rings. The summed E-state index contributed by atoms with van der Waals surface area (Å²) in [5.74, 6) is -1.44. The number of nitrogens with zero attached hydrogens (tertiary/aromatic N) is 1. The molecule has 1 saturated heterocycles. The van der Waals surface area contributed by atoms with Crippen molar-refractivity contribution in [1.82, 2.24) is 0 Å². The molecule has 27 heavy (non-hydrogen) atoms. The summed E-state index contributed by atoms with van der Waals surface area (Å²) in [6.45, 7) is 4.56. The van der Waals surface area contributed by atoms with Gasteiger partial charge in [-0.15, -0.1) is 0 Å². The number of alkyl halides is 1. The highest BCUT2D eigenvalue weighted by atomic mass is 19.1. The van der Waals surface area contributed by atoms with Crippen LogP contribution in [0.15, 0.2) is 23.2 Å². The fraction of sp³-hybridized carbons (Fsp3) is 0.579. The molecule has 2 heterocycles. The second kappa shape index (κ2) is 7.07. The molecule has 1 aromatic rings. The van der Waals surface area contributed by atoms with Crippen molar-refractivity contribution in [2.75, 3.05) is 25.6 Å². The third kappa shape index (κ3) is 3.90. The number of aliphatic imine (C=N–C) groups is 1. The smallest absolute Gasteiger partial charge is 0.315 e. The van der Waals surface area contributed by atoms with Gasteiger partial charge in [0.1, 0.15) is 30.1 Å². The van der Waals surface area contributed by atoms with Gasteiger partial charge in [0, 0.05) is 11.3 Å². The van der Waals surface area contributed by atoms with Gasteiger partial charge in [0.2, 0.25) is 0 Å². The van der Waals surface area contributed by atoms with Gasteiger partial charge in [-0.2, -0.15) is 0 Å². The van der Waals surface area contributed by atoms with Crippen LogP contribution in [0.25, 0.3) is 0 Å². The summed E-state index contributed by atoms with van der Waals surface area (Å²) in [7, 11) is 0. The molecular formula is C19H24F2N2O4. The summed E-state index contributed by atoms with van der Waals surface area (Å²) >= 11 is 0. The fourth-order valence-corrected chi connectivity index (χ4v) is 3.52. The number of carbonyl (C=O) groups is 1. The molecule has 3 atom stereocenters. The first-order valence-electron chi connectivity index (χ1n) is 8.81. The molecule has 0 spiro atoms. The van der Waals surface area contributed by atoms with Crippen LogP contribution in [0.5, 0.6) is 0 Å². The number of anilines is 1. The molecule has 0 radical (unpaired) electrons. The zero-order chi connectivity index (χ0) is 19.8. The van der Waals surface area contributed by atoms with Gasteiger partial charge >= 0.3 is 5.97 Å². The topological polar surface area (TPSA) is 83.1 Å². The Labute approximate surface area is 156 Å². The zero-order valence-corrected chi connectivity index (χ0v) is 15.6. The number of nitrogen functional groups attached to an aromatic ring is 1. The van der Waals surface area contributed by atoms with Crippen LogP contribution in [0.2, 0.25) is 0 Å². The molecular weight excluding hydrogens is 358 g/mol. The lowest BCUT2D eigenvalue weighted by Gasteiger charge is -2.36. The standard InChI is InChI=1S/C19H24F2N2O4/c1-18(2,3)27-17(24)7-16-23-19(12-6-11(22)4-5-14(12)21)10-26-15(8-20)13(19)9-25-16/h4-6,13,15H,7-10,22H2,1-3H3/t13-,15?,19-/m1/s1. The molecule has 1 aromatic carbocycles. The Morgan fingerprint density at radius 2 is 2.19 bits per heavy atom. The highest BCUT2D eigenvalue weighted by molar-refractivity contribution is 5.95. The van der Waals surface area contributed by atoms with E-state index in [1.165, 1.54) is 18.2 Å². The second-order valence-electron chi connectivity index (χ2n) is 7.85.